The minimum absolute atomic E-state index is 0.447. The van der Waals surface area contributed by atoms with E-state index in [0.29, 0.717) is 23.4 Å². The minimum Gasteiger partial charge on any atom is -0.208 e. The third-order valence-corrected chi connectivity index (χ3v) is 11.6. The molecule has 0 saturated carbocycles. The number of allylic oxidation sites excluding steroid dienone is 4. The van der Waals surface area contributed by atoms with E-state index >= 15 is 0 Å². The molecule has 0 aliphatic heterocycles. The van der Waals surface area contributed by atoms with Crippen LogP contribution in [-0.4, -0.2) is 15.0 Å². The molecule has 0 radical (unpaired) electrons. The second-order valence-corrected chi connectivity index (χ2v) is 15.1. The summed E-state index contributed by atoms with van der Waals surface area (Å²) >= 11 is 1.81. The summed E-state index contributed by atoms with van der Waals surface area (Å²) in [6.07, 6.45) is 9.87. The highest BCUT2D eigenvalue weighted by molar-refractivity contribution is 7.26. The molecule has 10 rings (SSSR count). The van der Waals surface area contributed by atoms with Crippen molar-refractivity contribution < 1.29 is 0 Å². The summed E-state index contributed by atoms with van der Waals surface area (Å²) in [5, 5.41) is 2.36. The fraction of sp³-hybridized carbons (Fsp3) is 0.0392. The van der Waals surface area contributed by atoms with Gasteiger partial charge in [-0.2, -0.15) is 0 Å². The van der Waals surface area contributed by atoms with Gasteiger partial charge in [-0.15, -0.1) is 11.3 Å². The normalized spacial score (nSPS) is 13.8. The van der Waals surface area contributed by atoms with Crippen LogP contribution >= 0.6 is 11.3 Å². The lowest BCUT2D eigenvalue weighted by molar-refractivity contribution is 0.854. The van der Waals surface area contributed by atoms with E-state index < -0.39 is 0 Å². The van der Waals surface area contributed by atoms with Gasteiger partial charge in [0.15, 0.2) is 17.5 Å². The Labute approximate surface area is 324 Å². The predicted octanol–water partition coefficient (Wildman–Crippen LogP) is 13.8. The summed E-state index contributed by atoms with van der Waals surface area (Å²) in [6.45, 7) is 0. The van der Waals surface area contributed by atoms with E-state index in [0.717, 1.165) is 39.6 Å². The molecule has 9 aromatic rings. The van der Waals surface area contributed by atoms with Crippen LogP contribution in [0.4, 0.5) is 0 Å². The molecule has 260 valence electrons. The number of thiophene rings is 1. The first-order chi connectivity index (χ1) is 27.2. The van der Waals surface area contributed by atoms with Gasteiger partial charge < -0.3 is 0 Å². The third kappa shape index (κ3) is 6.47. The maximum atomic E-state index is 5.21. The Morgan fingerprint density at radius 1 is 0.418 bits per heavy atom. The largest absolute Gasteiger partial charge is 0.208 e. The van der Waals surface area contributed by atoms with E-state index in [1.165, 1.54) is 42.6 Å². The maximum Gasteiger partial charge on any atom is 0.164 e. The molecule has 1 unspecified atom stereocenters. The summed E-state index contributed by atoms with van der Waals surface area (Å²) in [5.41, 5.74) is 11.3. The first-order valence-corrected chi connectivity index (χ1v) is 19.5. The van der Waals surface area contributed by atoms with Crippen LogP contribution in [0.3, 0.4) is 0 Å². The number of hydrogen-bond acceptors (Lipinski definition) is 4. The Morgan fingerprint density at radius 3 is 1.71 bits per heavy atom. The molecule has 0 bridgehead atoms. The van der Waals surface area contributed by atoms with Gasteiger partial charge in [-0.1, -0.05) is 164 Å². The van der Waals surface area contributed by atoms with Crippen LogP contribution in [0, 0.1) is 0 Å². The maximum absolute atomic E-state index is 5.21. The second-order valence-electron chi connectivity index (χ2n) is 14.0. The van der Waals surface area contributed by atoms with Crippen molar-refractivity contribution in [1.29, 1.82) is 0 Å². The lowest BCUT2D eigenvalue weighted by atomic mass is 9.91. The molecular formula is C51H35N3S. The molecule has 1 atom stereocenters. The van der Waals surface area contributed by atoms with Crippen molar-refractivity contribution in [3.05, 3.63) is 200 Å². The van der Waals surface area contributed by atoms with Crippen LogP contribution in [0.2, 0.25) is 0 Å². The highest BCUT2D eigenvalue weighted by atomic mass is 32.1. The summed E-state index contributed by atoms with van der Waals surface area (Å²) in [4.78, 5) is 15.4. The average molecular weight is 722 g/mol. The quantitative estimate of drug-likeness (QED) is 0.164. The van der Waals surface area contributed by atoms with Crippen molar-refractivity contribution in [2.45, 2.75) is 12.3 Å². The van der Waals surface area contributed by atoms with E-state index in [-0.39, 0.29) is 0 Å². The molecule has 0 fully saturated rings. The van der Waals surface area contributed by atoms with E-state index in [2.05, 4.69) is 170 Å². The molecular weight excluding hydrogens is 687 g/mol. The van der Waals surface area contributed by atoms with Crippen LogP contribution < -0.4 is 0 Å². The molecule has 1 aliphatic rings. The van der Waals surface area contributed by atoms with Gasteiger partial charge in [0.25, 0.3) is 0 Å². The molecule has 2 heterocycles. The minimum atomic E-state index is 0.447. The van der Waals surface area contributed by atoms with E-state index in [1.807, 2.05) is 35.6 Å². The number of aromatic nitrogens is 3. The van der Waals surface area contributed by atoms with Gasteiger partial charge in [0.05, 0.1) is 0 Å². The third-order valence-electron chi connectivity index (χ3n) is 10.5. The Hall–Kier alpha value is -6.75. The van der Waals surface area contributed by atoms with Gasteiger partial charge in [-0.3, -0.25) is 0 Å². The number of hydrogen-bond donors (Lipinski definition) is 0. The van der Waals surface area contributed by atoms with Gasteiger partial charge in [-0.05, 0) is 75.7 Å². The van der Waals surface area contributed by atoms with Crippen LogP contribution in [0.15, 0.2) is 194 Å². The number of rotatable bonds is 7. The van der Waals surface area contributed by atoms with Gasteiger partial charge in [0.1, 0.15) is 0 Å². The van der Waals surface area contributed by atoms with Crippen molar-refractivity contribution in [1.82, 2.24) is 15.0 Å². The Morgan fingerprint density at radius 2 is 0.982 bits per heavy atom. The zero-order valence-electron chi connectivity index (χ0n) is 30.0. The predicted molar refractivity (Wildman–Crippen MR) is 231 cm³/mol. The summed E-state index contributed by atoms with van der Waals surface area (Å²) in [7, 11) is 0. The lowest BCUT2D eigenvalue weighted by Gasteiger charge is -2.14. The smallest absolute Gasteiger partial charge is 0.164 e. The zero-order valence-corrected chi connectivity index (χ0v) is 30.8. The van der Waals surface area contributed by atoms with Gasteiger partial charge in [-0.25, -0.2) is 15.0 Å². The van der Waals surface area contributed by atoms with Crippen LogP contribution in [0.5, 0.6) is 0 Å². The van der Waals surface area contributed by atoms with Crippen LogP contribution in [-0.2, 0) is 0 Å². The highest BCUT2D eigenvalue weighted by Crippen LogP contribution is 2.42. The summed E-state index contributed by atoms with van der Waals surface area (Å²) < 4.78 is 2.44. The Kier molecular flexibility index (Phi) is 8.51. The first kappa shape index (κ1) is 32.9. The van der Waals surface area contributed by atoms with E-state index in [4.69, 9.17) is 15.0 Å². The molecule has 3 nitrogen and oxygen atoms in total. The van der Waals surface area contributed by atoms with Gasteiger partial charge in [0.2, 0.25) is 0 Å². The van der Waals surface area contributed by atoms with E-state index in [1.54, 1.807) is 0 Å². The molecule has 0 saturated heterocycles. The molecule has 0 N–H and O–H groups in total. The van der Waals surface area contributed by atoms with Crippen LogP contribution in [0.25, 0.3) is 87.7 Å². The molecule has 7 aromatic carbocycles. The summed E-state index contributed by atoms with van der Waals surface area (Å²) in [6, 6.07) is 60.4. The molecule has 0 amide bonds. The van der Waals surface area contributed by atoms with Crippen molar-refractivity contribution in [3.63, 3.8) is 0 Å². The fourth-order valence-corrected chi connectivity index (χ4v) is 8.74. The molecule has 1 aliphatic carbocycles. The van der Waals surface area contributed by atoms with Gasteiger partial charge >= 0.3 is 0 Å². The monoisotopic (exact) mass is 721 g/mol. The van der Waals surface area contributed by atoms with Gasteiger partial charge in [0, 0.05) is 42.8 Å². The molecule has 55 heavy (non-hydrogen) atoms. The Bertz CT molecular complexity index is 2890. The Balaban J connectivity index is 1.07. The van der Waals surface area contributed by atoms with Crippen molar-refractivity contribution >= 4 is 31.5 Å². The number of nitrogens with zero attached hydrogens (tertiary/aromatic N) is 3. The second kappa shape index (κ2) is 14.2. The molecule has 0 spiro atoms. The van der Waals surface area contributed by atoms with E-state index in [9.17, 15) is 0 Å². The van der Waals surface area contributed by atoms with Crippen LogP contribution in [0.1, 0.15) is 17.9 Å². The zero-order chi connectivity index (χ0) is 36.6. The number of benzene rings is 7. The van der Waals surface area contributed by atoms with Crippen molar-refractivity contribution in [2.24, 2.45) is 0 Å². The van der Waals surface area contributed by atoms with Crippen molar-refractivity contribution in [2.75, 3.05) is 0 Å². The number of fused-ring (bicyclic) bond motifs is 3. The SMILES string of the molecule is C1=CCC(c2ccc(-c3cccc(-c4ccc5sc6cccc(-c7nc(-c8ccccc8)nc(-c8cccc(-c9ccccc9)c8)n7)c6c5c4)c3)cc2)C=C1. The first-order valence-electron chi connectivity index (χ1n) is 18.7. The topological polar surface area (TPSA) is 38.7 Å². The molecule has 2 aromatic heterocycles. The standard InChI is InChI=1S/C51H35N3S/c1-4-13-34(14-5-1)36-25-27-37(28-26-36)39-19-10-21-41(31-39)42-29-30-46-45(33-42)48-44(23-12-24-47(48)55-46)51-53-49(38-17-8-3-9-18-38)52-50(54-51)43-22-11-20-40(32-43)35-15-6-2-7-16-35/h1-13,15-34H,14H2. The fourth-order valence-electron chi connectivity index (χ4n) is 7.63. The highest BCUT2D eigenvalue weighted by Gasteiger charge is 2.18. The lowest BCUT2D eigenvalue weighted by Crippen LogP contribution is -2.00. The average Bonchev–Trinajstić information content (AvgIpc) is 3.66. The summed E-state index contributed by atoms with van der Waals surface area (Å²) in [5.74, 6) is 2.41. The van der Waals surface area contributed by atoms with Crippen molar-refractivity contribution in [3.8, 4) is 67.5 Å². The molecule has 4 heteroatoms.